The van der Waals surface area contributed by atoms with E-state index in [1.807, 2.05) is 19.2 Å². The van der Waals surface area contributed by atoms with Gasteiger partial charge >= 0.3 is 11.9 Å². The van der Waals surface area contributed by atoms with Crippen LogP contribution in [0.3, 0.4) is 0 Å². The van der Waals surface area contributed by atoms with Crippen molar-refractivity contribution in [1.82, 2.24) is 5.32 Å². The Morgan fingerprint density at radius 3 is 2.47 bits per heavy atom. The molecule has 2 amide bonds. The molecule has 0 saturated carbocycles. The van der Waals surface area contributed by atoms with Gasteiger partial charge in [0.05, 0.1) is 12.2 Å². The van der Waals surface area contributed by atoms with Gasteiger partial charge in [0.1, 0.15) is 5.00 Å². The molecule has 0 unspecified atom stereocenters. The second-order valence-corrected chi connectivity index (χ2v) is 8.17. The maximum atomic E-state index is 12.3. The minimum absolute atomic E-state index is 0.0754. The maximum absolute atomic E-state index is 12.3. The Balaban J connectivity index is 2.48. The van der Waals surface area contributed by atoms with Gasteiger partial charge in [-0.1, -0.05) is 20.3 Å². The zero-order valence-electron chi connectivity index (χ0n) is 18.2. The summed E-state index contributed by atoms with van der Waals surface area (Å²) < 4.78 is 10.1. The number of esters is 2. The quantitative estimate of drug-likeness (QED) is 0.360. The van der Waals surface area contributed by atoms with Crippen molar-refractivity contribution in [3.63, 3.8) is 0 Å². The first-order valence-corrected chi connectivity index (χ1v) is 11.1. The number of hydrogen-bond donors (Lipinski definition) is 2. The van der Waals surface area contributed by atoms with Crippen LogP contribution in [0.5, 0.6) is 0 Å². The first-order chi connectivity index (χ1) is 14.2. The highest BCUT2D eigenvalue weighted by atomic mass is 32.1. The van der Waals surface area contributed by atoms with Crippen LogP contribution >= 0.6 is 11.3 Å². The largest absolute Gasteiger partial charge is 0.462 e. The third-order valence-corrected chi connectivity index (χ3v) is 4.97. The van der Waals surface area contributed by atoms with E-state index in [9.17, 15) is 19.2 Å². The van der Waals surface area contributed by atoms with Gasteiger partial charge in [0.2, 0.25) is 5.91 Å². The van der Waals surface area contributed by atoms with Crippen molar-refractivity contribution < 1.29 is 28.7 Å². The molecule has 0 aliphatic carbocycles. The predicted molar refractivity (Wildman–Crippen MR) is 116 cm³/mol. The highest BCUT2D eigenvalue weighted by Gasteiger charge is 2.22. The molecule has 9 heteroatoms. The Kier molecular flexibility index (Phi) is 11.7. The number of carbonyl (C=O) groups excluding carboxylic acids is 4. The fourth-order valence-electron chi connectivity index (χ4n) is 2.72. The zero-order chi connectivity index (χ0) is 22.5. The van der Waals surface area contributed by atoms with Crippen molar-refractivity contribution >= 4 is 40.1 Å². The lowest BCUT2D eigenvalue weighted by Gasteiger charge is -2.10. The van der Waals surface area contributed by atoms with Crippen molar-refractivity contribution in [1.29, 1.82) is 0 Å². The lowest BCUT2D eigenvalue weighted by molar-refractivity contribution is -0.147. The summed E-state index contributed by atoms with van der Waals surface area (Å²) in [5.74, 6) is -1.16. The molecule has 0 fully saturated rings. The van der Waals surface area contributed by atoms with Crippen LogP contribution in [-0.4, -0.2) is 43.5 Å². The maximum Gasteiger partial charge on any atom is 0.341 e. The Hall–Kier alpha value is -2.42. The van der Waals surface area contributed by atoms with Crippen LogP contribution in [0, 0.1) is 5.92 Å². The van der Waals surface area contributed by atoms with E-state index in [0.717, 1.165) is 18.4 Å². The average molecular weight is 441 g/mol. The second kappa shape index (κ2) is 13.7. The van der Waals surface area contributed by atoms with E-state index < -0.39 is 24.5 Å². The average Bonchev–Trinajstić information content (AvgIpc) is 3.04. The first-order valence-electron chi connectivity index (χ1n) is 10.2. The van der Waals surface area contributed by atoms with Crippen molar-refractivity contribution in [2.45, 2.75) is 59.8 Å². The molecule has 0 atom stereocenters. The standard InChI is InChI=1S/C21H32N2O6S/c1-5-28-21(27)19-16(11-14(2)3)13-30-20(19)23-17(25)12-29-18(26)9-7-6-8-10-22-15(4)24/h13-14H,5-12H2,1-4H3,(H,22,24)(H,23,25). The Bertz CT molecular complexity index is 729. The molecule has 30 heavy (non-hydrogen) atoms. The van der Waals surface area contributed by atoms with E-state index in [1.54, 1.807) is 6.92 Å². The van der Waals surface area contributed by atoms with Crippen LogP contribution in [0.25, 0.3) is 0 Å². The van der Waals surface area contributed by atoms with Gasteiger partial charge < -0.3 is 20.1 Å². The number of amides is 2. The van der Waals surface area contributed by atoms with Crippen LogP contribution in [0.1, 0.15) is 69.3 Å². The summed E-state index contributed by atoms with van der Waals surface area (Å²) in [6.07, 6.45) is 3.08. The highest BCUT2D eigenvalue weighted by molar-refractivity contribution is 7.15. The highest BCUT2D eigenvalue weighted by Crippen LogP contribution is 2.30. The smallest absolute Gasteiger partial charge is 0.341 e. The normalized spacial score (nSPS) is 10.6. The van der Waals surface area contributed by atoms with Crippen molar-refractivity contribution in [2.24, 2.45) is 5.92 Å². The molecule has 1 rings (SSSR count). The molecule has 0 saturated heterocycles. The Morgan fingerprint density at radius 1 is 1.10 bits per heavy atom. The van der Waals surface area contributed by atoms with Crippen molar-refractivity contribution in [2.75, 3.05) is 25.1 Å². The fourth-order valence-corrected chi connectivity index (χ4v) is 3.70. The van der Waals surface area contributed by atoms with Crippen LogP contribution < -0.4 is 10.6 Å². The molecule has 0 bridgehead atoms. The van der Waals surface area contributed by atoms with Crippen LogP contribution in [-0.2, 0) is 30.3 Å². The molecule has 0 aromatic carbocycles. The van der Waals surface area contributed by atoms with Gasteiger partial charge in [-0.25, -0.2) is 4.79 Å². The number of rotatable bonds is 13. The van der Waals surface area contributed by atoms with Crippen molar-refractivity contribution in [3.8, 4) is 0 Å². The summed E-state index contributed by atoms with van der Waals surface area (Å²) in [6, 6.07) is 0. The van der Waals surface area contributed by atoms with E-state index in [1.165, 1.54) is 18.3 Å². The van der Waals surface area contributed by atoms with Gasteiger partial charge in [-0.3, -0.25) is 14.4 Å². The summed E-state index contributed by atoms with van der Waals surface area (Å²) in [7, 11) is 0. The fraction of sp³-hybridized carbons (Fsp3) is 0.619. The number of nitrogens with one attached hydrogen (secondary N) is 2. The molecule has 0 aliphatic rings. The van der Waals surface area contributed by atoms with Crippen LogP contribution in [0.2, 0.25) is 0 Å². The topological polar surface area (TPSA) is 111 Å². The summed E-state index contributed by atoms with van der Waals surface area (Å²) in [6.45, 7) is 7.68. The summed E-state index contributed by atoms with van der Waals surface area (Å²) in [5, 5.41) is 7.59. The molecule has 1 aromatic rings. The molecule has 0 spiro atoms. The van der Waals surface area contributed by atoms with Gasteiger partial charge in [-0.05, 0) is 43.0 Å². The third kappa shape index (κ3) is 9.87. The molecule has 8 nitrogen and oxygen atoms in total. The molecule has 1 heterocycles. The molecular weight excluding hydrogens is 408 g/mol. The predicted octanol–water partition coefficient (Wildman–Crippen LogP) is 3.30. The van der Waals surface area contributed by atoms with Gasteiger partial charge in [-0.2, -0.15) is 0 Å². The first kappa shape index (κ1) is 25.6. The van der Waals surface area contributed by atoms with Gasteiger partial charge in [-0.15, -0.1) is 11.3 Å². The van der Waals surface area contributed by atoms with Gasteiger partial charge in [0.25, 0.3) is 5.91 Å². The van der Waals surface area contributed by atoms with E-state index >= 15 is 0 Å². The van der Waals surface area contributed by atoms with Crippen LogP contribution in [0.4, 0.5) is 5.00 Å². The molecule has 2 N–H and O–H groups in total. The number of ether oxygens (including phenoxy) is 2. The molecule has 0 aliphatic heterocycles. The molecule has 1 aromatic heterocycles. The van der Waals surface area contributed by atoms with E-state index in [-0.39, 0.29) is 18.9 Å². The summed E-state index contributed by atoms with van der Waals surface area (Å²) >= 11 is 1.26. The Morgan fingerprint density at radius 2 is 1.83 bits per heavy atom. The lowest BCUT2D eigenvalue weighted by Crippen LogP contribution is -2.22. The zero-order valence-corrected chi connectivity index (χ0v) is 19.0. The van der Waals surface area contributed by atoms with Crippen LogP contribution in [0.15, 0.2) is 5.38 Å². The number of hydrogen-bond acceptors (Lipinski definition) is 7. The van der Waals surface area contributed by atoms with E-state index in [0.29, 0.717) is 35.9 Å². The number of carbonyl (C=O) groups is 4. The molecule has 0 radical (unpaired) electrons. The Labute approximate surface area is 181 Å². The van der Waals surface area contributed by atoms with Crippen molar-refractivity contribution in [3.05, 3.63) is 16.5 Å². The number of thiophene rings is 1. The summed E-state index contributed by atoms with van der Waals surface area (Å²) in [4.78, 5) is 47.1. The van der Waals surface area contributed by atoms with Gasteiger partial charge in [0, 0.05) is 19.9 Å². The van der Waals surface area contributed by atoms with E-state index in [2.05, 4.69) is 10.6 Å². The molecule has 168 valence electrons. The third-order valence-electron chi connectivity index (χ3n) is 4.02. The minimum atomic E-state index is -0.502. The van der Waals surface area contributed by atoms with E-state index in [4.69, 9.17) is 9.47 Å². The SMILES string of the molecule is CCOC(=O)c1c(CC(C)C)csc1NC(=O)COC(=O)CCCCCNC(C)=O. The monoisotopic (exact) mass is 440 g/mol. The van der Waals surface area contributed by atoms with Gasteiger partial charge in [0.15, 0.2) is 6.61 Å². The number of unbranched alkanes of at least 4 members (excludes halogenated alkanes) is 2. The number of anilines is 1. The summed E-state index contributed by atoms with van der Waals surface area (Å²) in [5.41, 5.74) is 1.20. The second-order valence-electron chi connectivity index (χ2n) is 7.29. The molecular formula is C21H32N2O6S. The lowest BCUT2D eigenvalue weighted by atomic mass is 10.0. The minimum Gasteiger partial charge on any atom is -0.462 e.